The largest absolute Gasteiger partial charge is 0.494 e. The summed E-state index contributed by atoms with van der Waals surface area (Å²) in [5, 5.41) is 2.76. The van der Waals surface area contributed by atoms with Crippen molar-refractivity contribution in [3.8, 4) is 5.75 Å². The Bertz CT molecular complexity index is 426. The van der Waals surface area contributed by atoms with Gasteiger partial charge in [-0.15, -0.1) is 0 Å². The molecule has 4 nitrogen and oxygen atoms in total. The molecule has 1 rings (SSSR count). The number of carbonyl (C=O) groups excluding carboxylic acids is 2. The van der Waals surface area contributed by atoms with Crippen LogP contribution in [0.15, 0.2) is 24.3 Å². The number of rotatable bonds is 9. The maximum atomic E-state index is 11.9. The van der Waals surface area contributed by atoms with Crippen LogP contribution in [0, 0.1) is 0 Å². The number of amides is 1. The zero-order valence-corrected chi connectivity index (χ0v) is 12.3. The minimum Gasteiger partial charge on any atom is -0.494 e. The Morgan fingerprint density at radius 1 is 1.05 bits per heavy atom. The van der Waals surface area contributed by atoms with Crippen molar-refractivity contribution in [1.82, 2.24) is 5.32 Å². The van der Waals surface area contributed by atoms with Crippen LogP contribution in [-0.4, -0.2) is 24.8 Å². The SMILES string of the molecule is CCCNC(=O)CCC(=O)c1ccc(OCCC)cc1. The molecule has 0 aromatic heterocycles. The molecule has 20 heavy (non-hydrogen) atoms. The van der Waals surface area contributed by atoms with Crippen molar-refractivity contribution in [1.29, 1.82) is 0 Å². The van der Waals surface area contributed by atoms with Crippen LogP contribution in [0.2, 0.25) is 0 Å². The summed E-state index contributed by atoms with van der Waals surface area (Å²) in [6, 6.07) is 7.08. The highest BCUT2D eigenvalue weighted by molar-refractivity contribution is 5.98. The lowest BCUT2D eigenvalue weighted by Crippen LogP contribution is -2.24. The zero-order chi connectivity index (χ0) is 14.8. The molecule has 0 aliphatic rings. The molecule has 0 unspecified atom stereocenters. The molecule has 0 radical (unpaired) electrons. The lowest BCUT2D eigenvalue weighted by atomic mass is 10.1. The van der Waals surface area contributed by atoms with Gasteiger partial charge in [-0.25, -0.2) is 0 Å². The maximum Gasteiger partial charge on any atom is 0.220 e. The quantitative estimate of drug-likeness (QED) is 0.706. The summed E-state index contributed by atoms with van der Waals surface area (Å²) in [6.07, 6.45) is 2.34. The Labute approximate surface area is 120 Å². The predicted octanol–water partition coefficient (Wildman–Crippen LogP) is 2.96. The van der Waals surface area contributed by atoms with Gasteiger partial charge in [0, 0.05) is 24.9 Å². The monoisotopic (exact) mass is 277 g/mol. The lowest BCUT2D eigenvalue weighted by Gasteiger charge is -2.06. The first kappa shape index (κ1) is 16.2. The summed E-state index contributed by atoms with van der Waals surface area (Å²) in [7, 11) is 0. The van der Waals surface area contributed by atoms with Crippen molar-refractivity contribution >= 4 is 11.7 Å². The molecule has 0 heterocycles. The first-order valence-corrected chi connectivity index (χ1v) is 7.20. The first-order chi connectivity index (χ1) is 9.67. The molecule has 1 amide bonds. The van der Waals surface area contributed by atoms with E-state index in [1.165, 1.54) is 0 Å². The first-order valence-electron chi connectivity index (χ1n) is 7.20. The highest BCUT2D eigenvalue weighted by Crippen LogP contribution is 2.14. The summed E-state index contributed by atoms with van der Waals surface area (Å²) < 4.78 is 5.46. The molecule has 1 N–H and O–H groups in total. The molecule has 0 spiro atoms. The summed E-state index contributed by atoms with van der Waals surface area (Å²) in [5.74, 6) is 0.686. The summed E-state index contributed by atoms with van der Waals surface area (Å²) in [4.78, 5) is 23.4. The number of ketones is 1. The van der Waals surface area contributed by atoms with Gasteiger partial charge in [-0.05, 0) is 37.1 Å². The summed E-state index contributed by atoms with van der Waals surface area (Å²) in [5.41, 5.74) is 0.622. The Balaban J connectivity index is 2.41. The maximum absolute atomic E-state index is 11.9. The van der Waals surface area contributed by atoms with Crippen LogP contribution in [0.1, 0.15) is 49.9 Å². The fourth-order valence-corrected chi connectivity index (χ4v) is 1.68. The van der Waals surface area contributed by atoms with Crippen molar-refractivity contribution in [3.63, 3.8) is 0 Å². The number of hydrogen-bond acceptors (Lipinski definition) is 3. The smallest absolute Gasteiger partial charge is 0.220 e. The third-order valence-electron chi connectivity index (χ3n) is 2.80. The van der Waals surface area contributed by atoms with E-state index in [0.717, 1.165) is 18.6 Å². The van der Waals surface area contributed by atoms with E-state index in [9.17, 15) is 9.59 Å². The molecule has 4 heteroatoms. The second-order valence-corrected chi connectivity index (χ2v) is 4.65. The van der Waals surface area contributed by atoms with Crippen molar-refractivity contribution in [2.24, 2.45) is 0 Å². The molecule has 0 aliphatic heterocycles. The van der Waals surface area contributed by atoms with Gasteiger partial charge >= 0.3 is 0 Å². The van der Waals surface area contributed by atoms with Gasteiger partial charge < -0.3 is 10.1 Å². The minimum absolute atomic E-state index is 0.0151. The van der Waals surface area contributed by atoms with Gasteiger partial charge in [0.25, 0.3) is 0 Å². The minimum atomic E-state index is -0.0666. The van der Waals surface area contributed by atoms with E-state index in [0.29, 0.717) is 18.7 Å². The van der Waals surface area contributed by atoms with Gasteiger partial charge in [0.1, 0.15) is 5.75 Å². The van der Waals surface area contributed by atoms with Gasteiger partial charge in [-0.1, -0.05) is 13.8 Å². The number of Topliss-reactive ketones (excluding diaryl/α,β-unsaturated/α-hetero) is 1. The molecule has 110 valence electrons. The molecule has 0 atom stereocenters. The van der Waals surface area contributed by atoms with Crippen LogP contribution < -0.4 is 10.1 Å². The molecule has 0 saturated heterocycles. The van der Waals surface area contributed by atoms with Gasteiger partial charge in [0.05, 0.1) is 6.61 Å². The summed E-state index contributed by atoms with van der Waals surface area (Å²) >= 11 is 0. The standard InChI is InChI=1S/C16H23NO3/c1-3-11-17-16(19)10-9-15(18)13-5-7-14(8-6-13)20-12-4-2/h5-8H,3-4,9-12H2,1-2H3,(H,17,19). The highest BCUT2D eigenvalue weighted by Gasteiger charge is 2.09. The van der Waals surface area contributed by atoms with E-state index in [1.54, 1.807) is 24.3 Å². The topological polar surface area (TPSA) is 55.4 Å². The Kier molecular flexibility index (Phi) is 7.40. The predicted molar refractivity (Wildman–Crippen MR) is 79.1 cm³/mol. The third-order valence-corrected chi connectivity index (χ3v) is 2.80. The van der Waals surface area contributed by atoms with Crippen molar-refractivity contribution < 1.29 is 14.3 Å². The Hall–Kier alpha value is -1.84. The second kappa shape index (κ2) is 9.13. The van der Waals surface area contributed by atoms with E-state index in [-0.39, 0.29) is 24.5 Å². The van der Waals surface area contributed by atoms with Crippen LogP contribution in [0.3, 0.4) is 0 Å². The number of ether oxygens (including phenoxy) is 1. The van der Waals surface area contributed by atoms with E-state index < -0.39 is 0 Å². The zero-order valence-electron chi connectivity index (χ0n) is 12.3. The fourth-order valence-electron chi connectivity index (χ4n) is 1.68. The number of benzene rings is 1. The normalized spacial score (nSPS) is 10.1. The molecular weight excluding hydrogens is 254 g/mol. The van der Waals surface area contributed by atoms with Gasteiger partial charge in [0.15, 0.2) is 5.78 Å². The number of hydrogen-bond donors (Lipinski definition) is 1. The molecular formula is C16H23NO3. The fraction of sp³-hybridized carbons (Fsp3) is 0.500. The van der Waals surface area contributed by atoms with E-state index in [4.69, 9.17) is 4.74 Å². The molecule has 0 saturated carbocycles. The van der Waals surface area contributed by atoms with Crippen LogP contribution in [-0.2, 0) is 4.79 Å². The van der Waals surface area contributed by atoms with Crippen LogP contribution in [0.4, 0.5) is 0 Å². The molecule has 0 bridgehead atoms. The summed E-state index contributed by atoms with van der Waals surface area (Å²) in [6.45, 7) is 5.37. The molecule has 1 aromatic rings. The van der Waals surface area contributed by atoms with Gasteiger partial charge in [-0.3, -0.25) is 9.59 Å². The van der Waals surface area contributed by atoms with E-state index >= 15 is 0 Å². The van der Waals surface area contributed by atoms with E-state index in [1.807, 2.05) is 13.8 Å². The second-order valence-electron chi connectivity index (χ2n) is 4.65. The van der Waals surface area contributed by atoms with Crippen molar-refractivity contribution in [3.05, 3.63) is 29.8 Å². The number of nitrogens with one attached hydrogen (secondary N) is 1. The molecule has 0 aliphatic carbocycles. The van der Waals surface area contributed by atoms with Gasteiger partial charge in [0.2, 0.25) is 5.91 Å². The Morgan fingerprint density at radius 2 is 1.75 bits per heavy atom. The van der Waals surface area contributed by atoms with Crippen LogP contribution in [0.5, 0.6) is 5.75 Å². The Morgan fingerprint density at radius 3 is 2.35 bits per heavy atom. The average molecular weight is 277 g/mol. The van der Waals surface area contributed by atoms with Crippen molar-refractivity contribution in [2.45, 2.75) is 39.5 Å². The molecule has 1 aromatic carbocycles. The molecule has 0 fully saturated rings. The van der Waals surface area contributed by atoms with Crippen LogP contribution >= 0.6 is 0 Å². The van der Waals surface area contributed by atoms with Gasteiger partial charge in [-0.2, -0.15) is 0 Å². The van der Waals surface area contributed by atoms with Crippen LogP contribution in [0.25, 0.3) is 0 Å². The highest BCUT2D eigenvalue weighted by atomic mass is 16.5. The van der Waals surface area contributed by atoms with E-state index in [2.05, 4.69) is 5.32 Å². The third kappa shape index (κ3) is 5.87. The number of carbonyl (C=O) groups is 2. The lowest BCUT2D eigenvalue weighted by molar-refractivity contribution is -0.121. The average Bonchev–Trinajstić information content (AvgIpc) is 2.49. The van der Waals surface area contributed by atoms with Crippen molar-refractivity contribution in [2.75, 3.05) is 13.2 Å².